The minimum Gasteiger partial charge on any atom is -0.508 e. The normalized spacial score (nSPS) is 14.7. The molecule has 1 N–H and O–H groups in total. The third kappa shape index (κ3) is 2.09. The van der Waals surface area contributed by atoms with Crippen molar-refractivity contribution in [1.82, 2.24) is 4.90 Å². The Kier molecular flexibility index (Phi) is 2.76. The lowest BCUT2D eigenvalue weighted by Crippen LogP contribution is -2.15. The fourth-order valence-electron chi connectivity index (χ4n) is 2.43. The van der Waals surface area contributed by atoms with Crippen LogP contribution in [0.5, 0.6) is 5.75 Å². The number of hydrogen-bond acceptors (Lipinski definition) is 2. The van der Waals surface area contributed by atoms with Crippen molar-refractivity contribution in [3.8, 4) is 5.75 Å². The summed E-state index contributed by atoms with van der Waals surface area (Å²) in [6.07, 6.45) is 0. The third-order valence-electron chi connectivity index (χ3n) is 3.35. The average Bonchev–Trinajstić information content (AvgIpc) is 2.75. The average molecular weight is 243 g/mol. The van der Waals surface area contributed by atoms with E-state index in [4.69, 9.17) is 0 Å². The maximum Gasteiger partial charge on any atom is 0.126 e. The van der Waals surface area contributed by atoms with Gasteiger partial charge < -0.3 is 5.11 Å². The minimum atomic E-state index is -0.402. The van der Waals surface area contributed by atoms with Crippen LogP contribution in [0.2, 0.25) is 0 Å². The molecule has 0 saturated carbocycles. The molecule has 18 heavy (non-hydrogen) atoms. The Morgan fingerprint density at radius 1 is 1.06 bits per heavy atom. The van der Waals surface area contributed by atoms with Crippen LogP contribution in [-0.4, -0.2) is 10.0 Å². The van der Waals surface area contributed by atoms with E-state index in [1.54, 1.807) is 6.07 Å². The molecule has 0 atom stereocenters. The summed E-state index contributed by atoms with van der Waals surface area (Å²) in [6.45, 7) is 2.40. The molecule has 0 aliphatic carbocycles. The van der Waals surface area contributed by atoms with Crippen molar-refractivity contribution in [2.75, 3.05) is 0 Å². The molecule has 2 aromatic carbocycles. The Morgan fingerprint density at radius 2 is 1.72 bits per heavy atom. The van der Waals surface area contributed by atoms with Crippen molar-refractivity contribution in [3.05, 3.63) is 65.0 Å². The van der Waals surface area contributed by atoms with Crippen LogP contribution in [0.3, 0.4) is 0 Å². The maximum atomic E-state index is 12.9. The molecule has 1 heterocycles. The van der Waals surface area contributed by atoms with E-state index in [-0.39, 0.29) is 5.75 Å². The van der Waals surface area contributed by atoms with E-state index in [0.717, 1.165) is 18.7 Å². The monoisotopic (exact) mass is 243 g/mol. The highest BCUT2D eigenvalue weighted by atomic mass is 19.1. The van der Waals surface area contributed by atoms with Crippen LogP contribution in [0, 0.1) is 5.82 Å². The summed E-state index contributed by atoms with van der Waals surface area (Å²) in [5, 5.41) is 9.70. The van der Waals surface area contributed by atoms with Gasteiger partial charge in [0.05, 0.1) is 0 Å². The van der Waals surface area contributed by atoms with Gasteiger partial charge in [0, 0.05) is 31.3 Å². The molecular formula is C15H14FNO. The lowest BCUT2D eigenvalue weighted by Gasteiger charge is -2.15. The second-order valence-electron chi connectivity index (χ2n) is 4.69. The molecule has 92 valence electrons. The molecule has 0 spiro atoms. The molecule has 0 aromatic heterocycles. The fraction of sp³-hybridized carbons (Fsp3) is 0.200. The van der Waals surface area contributed by atoms with Crippen LogP contribution in [0.1, 0.15) is 16.7 Å². The predicted octanol–water partition coefficient (Wildman–Crippen LogP) is 3.05. The van der Waals surface area contributed by atoms with Crippen LogP contribution < -0.4 is 0 Å². The third-order valence-corrected chi connectivity index (χ3v) is 3.35. The van der Waals surface area contributed by atoms with Gasteiger partial charge in [-0.1, -0.05) is 30.3 Å². The first-order valence-electron chi connectivity index (χ1n) is 5.99. The van der Waals surface area contributed by atoms with Crippen molar-refractivity contribution in [2.45, 2.75) is 19.6 Å². The summed E-state index contributed by atoms with van der Waals surface area (Å²) in [5.74, 6) is -0.369. The van der Waals surface area contributed by atoms with Crippen molar-refractivity contribution in [3.63, 3.8) is 0 Å². The Morgan fingerprint density at radius 3 is 2.33 bits per heavy atom. The van der Waals surface area contributed by atoms with Gasteiger partial charge in [0.25, 0.3) is 0 Å². The first-order valence-corrected chi connectivity index (χ1v) is 5.99. The zero-order chi connectivity index (χ0) is 12.5. The summed E-state index contributed by atoms with van der Waals surface area (Å²) < 4.78 is 12.9. The molecule has 0 bridgehead atoms. The number of hydrogen-bond donors (Lipinski definition) is 1. The molecule has 1 aliphatic heterocycles. The molecule has 2 nitrogen and oxygen atoms in total. The van der Waals surface area contributed by atoms with Gasteiger partial charge >= 0.3 is 0 Å². The lowest BCUT2D eigenvalue weighted by molar-refractivity contribution is 0.271. The highest BCUT2D eigenvalue weighted by Crippen LogP contribution is 2.26. The Labute approximate surface area is 105 Å². The van der Waals surface area contributed by atoms with E-state index in [9.17, 15) is 9.50 Å². The second kappa shape index (κ2) is 4.42. The number of rotatable bonds is 2. The zero-order valence-corrected chi connectivity index (χ0v) is 9.94. The van der Waals surface area contributed by atoms with E-state index in [1.807, 2.05) is 12.1 Å². The summed E-state index contributed by atoms with van der Waals surface area (Å²) in [7, 11) is 0. The van der Waals surface area contributed by atoms with E-state index >= 15 is 0 Å². The number of fused-ring (bicyclic) bond motifs is 1. The molecule has 0 fully saturated rings. The van der Waals surface area contributed by atoms with E-state index in [2.05, 4.69) is 17.0 Å². The lowest BCUT2D eigenvalue weighted by atomic mass is 10.1. The van der Waals surface area contributed by atoms with Gasteiger partial charge in [0.15, 0.2) is 0 Å². The number of phenolic OH excluding ortho intramolecular Hbond substituents is 1. The van der Waals surface area contributed by atoms with Crippen LogP contribution in [-0.2, 0) is 19.6 Å². The smallest absolute Gasteiger partial charge is 0.126 e. The van der Waals surface area contributed by atoms with Crippen LogP contribution in [0.25, 0.3) is 0 Å². The number of aromatic hydroxyl groups is 1. The Hall–Kier alpha value is -1.87. The van der Waals surface area contributed by atoms with Gasteiger partial charge in [-0.25, -0.2) is 4.39 Å². The molecule has 0 saturated heterocycles. The summed E-state index contributed by atoms with van der Waals surface area (Å²) >= 11 is 0. The van der Waals surface area contributed by atoms with Gasteiger partial charge in [-0.15, -0.1) is 0 Å². The van der Waals surface area contributed by atoms with Crippen molar-refractivity contribution in [2.24, 2.45) is 0 Å². The van der Waals surface area contributed by atoms with Crippen molar-refractivity contribution < 1.29 is 9.50 Å². The summed E-state index contributed by atoms with van der Waals surface area (Å²) in [5.41, 5.74) is 3.43. The standard InChI is InChI=1S/C15H14FNO/c16-14-6-5-13(15(18)7-14)10-17-8-11-3-1-2-4-12(11)9-17/h1-7,18H,8-10H2. The number of halogens is 1. The predicted molar refractivity (Wildman–Crippen MR) is 67.5 cm³/mol. The molecule has 3 heteroatoms. The zero-order valence-electron chi connectivity index (χ0n) is 9.94. The molecular weight excluding hydrogens is 229 g/mol. The van der Waals surface area contributed by atoms with E-state index in [0.29, 0.717) is 6.54 Å². The van der Waals surface area contributed by atoms with Gasteiger partial charge in [-0.2, -0.15) is 0 Å². The molecule has 2 aromatic rings. The Balaban J connectivity index is 1.76. The van der Waals surface area contributed by atoms with Gasteiger partial charge in [-0.3, -0.25) is 4.90 Å². The highest BCUT2D eigenvalue weighted by molar-refractivity contribution is 5.34. The molecule has 0 amide bonds. The number of benzene rings is 2. The minimum absolute atomic E-state index is 0.0333. The van der Waals surface area contributed by atoms with Gasteiger partial charge in [-0.05, 0) is 17.2 Å². The summed E-state index contributed by atoms with van der Waals surface area (Å²) in [6, 6.07) is 12.5. The first-order chi connectivity index (χ1) is 8.72. The molecule has 0 radical (unpaired) electrons. The summed E-state index contributed by atoms with van der Waals surface area (Å²) in [4.78, 5) is 2.23. The van der Waals surface area contributed by atoms with Crippen LogP contribution in [0.4, 0.5) is 4.39 Å². The van der Waals surface area contributed by atoms with Crippen molar-refractivity contribution >= 4 is 0 Å². The number of phenols is 1. The topological polar surface area (TPSA) is 23.5 Å². The Bertz CT molecular complexity index is 557. The second-order valence-corrected chi connectivity index (χ2v) is 4.69. The molecule has 3 rings (SSSR count). The van der Waals surface area contributed by atoms with Gasteiger partial charge in [0.2, 0.25) is 0 Å². The van der Waals surface area contributed by atoms with Gasteiger partial charge in [0.1, 0.15) is 11.6 Å². The fourth-order valence-corrected chi connectivity index (χ4v) is 2.43. The molecule has 1 aliphatic rings. The highest BCUT2D eigenvalue weighted by Gasteiger charge is 2.19. The largest absolute Gasteiger partial charge is 0.508 e. The molecule has 0 unspecified atom stereocenters. The van der Waals surface area contributed by atoms with Crippen LogP contribution >= 0.6 is 0 Å². The first kappa shape index (κ1) is 11.2. The number of nitrogens with zero attached hydrogens (tertiary/aromatic N) is 1. The van der Waals surface area contributed by atoms with Crippen molar-refractivity contribution in [1.29, 1.82) is 0 Å². The quantitative estimate of drug-likeness (QED) is 0.876. The maximum absolute atomic E-state index is 12.9. The van der Waals surface area contributed by atoms with E-state index < -0.39 is 5.82 Å². The SMILES string of the molecule is Oc1cc(F)ccc1CN1Cc2ccccc2C1. The van der Waals surface area contributed by atoms with Crippen LogP contribution in [0.15, 0.2) is 42.5 Å². The van der Waals surface area contributed by atoms with E-state index in [1.165, 1.54) is 23.3 Å².